The molecule has 0 saturated heterocycles. The predicted molar refractivity (Wildman–Crippen MR) is 208 cm³/mol. The monoisotopic (exact) mass is 642 g/mol. The van der Waals surface area contributed by atoms with E-state index < -0.39 is 0 Å². The van der Waals surface area contributed by atoms with E-state index >= 15 is 0 Å². The summed E-state index contributed by atoms with van der Waals surface area (Å²) in [4.78, 5) is 0. The van der Waals surface area contributed by atoms with Gasteiger partial charge in [-0.25, -0.2) is 0 Å². The first-order valence-electron chi connectivity index (χ1n) is 16.6. The van der Waals surface area contributed by atoms with Crippen LogP contribution in [0, 0.1) is 0 Å². The zero-order chi connectivity index (χ0) is 32.1. The van der Waals surface area contributed by atoms with Crippen molar-refractivity contribution in [3.05, 3.63) is 158 Å². The molecule has 0 N–H and O–H groups in total. The highest BCUT2D eigenvalue weighted by molar-refractivity contribution is 7.25. The lowest BCUT2D eigenvalue weighted by molar-refractivity contribution is 0.631. The summed E-state index contributed by atoms with van der Waals surface area (Å²) in [6, 6.07) is 56.6. The molecule has 11 rings (SSSR count). The SMILES string of the molecule is c1ccc(-c2cc3cc4oc5cc(-c6c7ccccc7c(-c7ccc8sc9ccccc9c8c7)c7ccccc67)ccc5c4cc3o2)cc1. The molecule has 3 heteroatoms. The van der Waals surface area contributed by atoms with Gasteiger partial charge >= 0.3 is 0 Å². The Morgan fingerprint density at radius 2 is 0.918 bits per heavy atom. The summed E-state index contributed by atoms with van der Waals surface area (Å²) in [5, 5.41) is 10.8. The molecule has 0 saturated carbocycles. The Hall–Kier alpha value is -6.16. The molecule has 0 aliphatic rings. The third-order valence-corrected chi connectivity index (χ3v) is 11.2. The van der Waals surface area contributed by atoms with Gasteiger partial charge in [-0.1, -0.05) is 109 Å². The van der Waals surface area contributed by atoms with E-state index in [1.54, 1.807) is 0 Å². The van der Waals surface area contributed by atoms with E-state index in [1.165, 1.54) is 58.4 Å². The number of fused-ring (bicyclic) bond motifs is 9. The van der Waals surface area contributed by atoms with Crippen LogP contribution in [-0.2, 0) is 0 Å². The predicted octanol–water partition coefficient (Wildman–Crippen LogP) is 14.0. The van der Waals surface area contributed by atoms with Gasteiger partial charge in [-0.3, -0.25) is 0 Å². The fourth-order valence-electron chi connectivity index (χ4n) is 7.84. The molecule has 11 aromatic rings. The first-order chi connectivity index (χ1) is 24.3. The van der Waals surface area contributed by atoms with Gasteiger partial charge < -0.3 is 8.83 Å². The molecule has 0 aliphatic heterocycles. The van der Waals surface area contributed by atoms with Crippen LogP contribution in [0.4, 0.5) is 0 Å². The van der Waals surface area contributed by atoms with Crippen LogP contribution in [0.25, 0.3) is 108 Å². The van der Waals surface area contributed by atoms with Gasteiger partial charge in [0.15, 0.2) is 0 Å². The maximum absolute atomic E-state index is 6.58. The number of benzene rings is 8. The summed E-state index contributed by atoms with van der Waals surface area (Å²) in [7, 11) is 0. The highest BCUT2D eigenvalue weighted by Crippen LogP contribution is 2.46. The van der Waals surface area contributed by atoms with E-state index in [-0.39, 0.29) is 0 Å². The molecule has 0 aliphatic carbocycles. The largest absolute Gasteiger partial charge is 0.456 e. The lowest BCUT2D eigenvalue weighted by atomic mass is 9.85. The van der Waals surface area contributed by atoms with E-state index in [1.807, 2.05) is 29.5 Å². The van der Waals surface area contributed by atoms with Crippen LogP contribution in [-0.4, -0.2) is 0 Å². The maximum Gasteiger partial charge on any atom is 0.136 e. The number of furan rings is 2. The van der Waals surface area contributed by atoms with Gasteiger partial charge in [0, 0.05) is 41.9 Å². The van der Waals surface area contributed by atoms with Crippen LogP contribution < -0.4 is 0 Å². The first-order valence-corrected chi connectivity index (χ1v) is 17.4. The minimum Gasteiger partial charge on any atom is -0.456 e. The van der Waals surface area contributed by atoms with Gasteiger partial charge in [-0.2, -0.15) is 0 Å². The Morgan fingerprint density at radius 1 is 0.327 bits per heavy atom. The third-order valence-electron chi connectivity index (χ3n) is 10.1. The van der Waals surface area contributed by atoms with Gasteiger partial charge in [-0.05, 0) is 92.3 Å². The van der Waals surface area contributed by atoms with Gasteiger partial charge in [-0.15, -0.1) is 11.3 Å². The summed E-state index contributed by atoms with van der Waals surface area (Å²) >= 11 is 1.86. The highest BCUT2D eigenvalue weighted by atomic mass is 32.1. The molecule has 228 valence electrons. The van der Waals surface area contributed by atoms with Crippen LogP contribution in [0.15, 0.2) is 167 Å². The quantitative estimate of drug-likeness (QED) is 0.179. The molecule has 3 aromatic heterocycles. The zero-order valence-electron chi connectivity index (χ0n) is 26.2. The standard InChI is InChI=1S/C46H26O2S/c1-2-10-27(11-3-1)39-24-30-25-42-37(26-40(30)47-39)31-20-18-29(23-41(31)48-42)46-35-15-6-4-13-33(35)45(34-14-5-7-16-36(34)46)28-19-21-44-38(22-28)32-12-8-9-17-43(32)49-44/h1-26H. The first kappa shape index (κ1) is 26.9. The second-order valence-electron chi connectivity index (χ2n) is 12.8. The van der Waals surface area contributed by atoms with E-state index in [4.69, 9.17) is 8.83 Å². The lowest BCUT2D eigenvalue weighted by Crippen LogP contribution is -1.90. The van der Waals surface area contributed by atoms with Crippen LogP contribution in [0.1, 0.15) is 0 Å². The van der Waals surface area contributed by atoms with Crippen molar-refractivity contribution >= 4 is 86.0 Å². The molecule has 0 unspecified atom stereocenters. The fraction of sp³-hybridized carbons (Fsp3) is 0. The van der Waals surface area contributed by atoms with E-state index in [0.29, 0.717) is 0 Å². The average Bonchev–Trinajstić information content (AvgIpc) is 3.85. The molecular formula is C46H26O2S. The second-order valence-corrected chi connectivity index (χ2v) is 13.9. The van der Waals surface area contributed by atoms with Crippen molar-refractivity contribution in [1.29, 1.82) is 0 Å². The number of thiophene rings is 1. The van der Waals surface area contributed by atoms with Crippen molar-refractivity contribution in [3.8, 4) is 33.6 Å². The van der Waals surface area contributed by atoms with Gasteiger partial charge in [0.2, 0.25) is 0 Å². The summed E-state index contributed by atoms with van der Waals surface area (Å²) in [5.41, 5.74) is 8.53. The smallest absolute Gasteiger partial charge is 0.136 e. The van der Waals surface area contributed by atoms with Crippen molar-refractivity contribution in [1.82, 2.24) is 0 Å². The lowest BCUT2D eigenvalue weighted by Gasteiger charge is -2.18. The van der Waals surface area contributed by atoms with Crippen LogP contribution in [0.5, 0.6) is 0 Å². The molecule has 0 bridgehead atoms. The summed E-state index contributed by atoms with van der Waals surface area (Å²) < 4.78 is 15.5. The van der Waals surface area contributed by atoms with Crippen LogP contribution in [0.2, 0.25) is 0 Å². The van der Waals surface area contributed by atoms with E-state index in [2.05, 4.69) is 140 Å². The Balaban J connectivity index is 1.12. The highest BCUT2D eigenvalue weighted by Gasteiger charge is 2.19. The summed E-state index contributed by atoms with van der Waals surface area (Å²) in [6.07, 6.45) is 0. The molecule has 3 heterocycles. The second kappa shape index (κ2) is 10.2. The maximum atomic E-state index is 6.58. The molecule has 0 atom stereocenters. The molecule has 0 spiro atoms. The van der Waals surface area contributed by atoms with Crippen molar-refractivity contribution < 1.29 is 8.83 Å². The molecule has 8 aromatic carbocycles. The molecule has 49 heavy (non-hydrogen) atoms. The van der Waals surface area contributed by atoms with E-state index in [0.717, 1.165) is 49.8 Å². The third kappa shape index (κ3) is 4.00. The van der Waals surface area contributed by atoms with Gasteiger partial charge in [0.1, 0.15) is 22.5 Å². The fourth-order valence-corrected chi connectivity index (χ4v) is 8.93. The minimum absolute atomic E-state index is 0.861. The normalized spacial score (nSPS) is 12.1. The summed E-state index contributed by atoms with van der Waals surface area (Å²) in [6.45, 7) is 0. The average molecular weight is 643 g/mol. The van der Waals surface area contributed by atoms with E-state index in [9.17, 15) is 0 Å². The topological polar surface area (TPSA) is 26.3 Å². The zero-order valence-corrected chi connectivity index (χ0v) is 27.1. The van der Waals surface area contributed by atoms with Crippen molar-refractivity contribution in [2.45, 2.75) is 0 Å². The number of rotatable bonds is 3. The Labute approximate surface area is 285 Å². The minimum atomic E-state index is 0.861. The summed E-state index contributed by atoms with van der Waals surface area (Å²) in [5.74, 6) is 0.862. The number of hydrogen-bond donors (Lipinski definition) is 0. The molecule has 0 radical (unpaired) electrons. The molecule has 2 nitrogen and oxygen atoms in total. The Kier molecular flexibility index (Phi) is 5.57. The van der Waals surface area contributed by atoms with Gasteiger partial charge in [0.05, 0.1) is 0 Å². The van der Waals surface area contributed by atoms with Crippen molar-refractivity contribution in [2.24, 2.45) is 0 Å². The molecule has 0 fully saturated rings. The number of hydrogen-bond acceptors (Lipinski definition) is 3. The molecular weight excluding hydrogens is 617 g/mol. The Bertz CT molecular complexity index is 3050. The van der Waals surface area contributed by atoms with Crippen molar-refractivity contribution in [2.75, 3.05) is 0 Å². The molecule has 0 amide bonds. The Morgan fingerprint density at radius 3 is 1.65 bits per heavy atom. The van der Waals surface area contributed by atoms with Gasteiger partial charge in [0.25, 0.3) is 0 Å². The van der Waals surface area contributed by atoms with Crippen LogP contribution in [0.3, 0.4) is 0 Å². The van der Waals surface area contributed by atoms with Crippen LogP contribution >= 0.6 is 11.3 Å². The van der Waals surface area contributed by atoms with Crippen molar-refractivity contribution in [3.63, 3.8) is 0 Å².